The number of rotatable bonds is 5. The first-order valence-electron chi connectivity index (χ1n) is 4.75. The largest absolute Gasteiger partial charge is 0.397 e. The number of nitrogens with one attached hydrogen (secondary N) is 2. The average Bonchev–Trinajstić information content (AvgIpc) is 2.76. The molecule has 0 fully saturated rings. The normalized spacial score (nSPS) is 10.2. The van der Waals surface area contributed by atoms with Crippen LogP contribution in [0.15, 0.2) is 29.4 Å². The monoisotopic (exact) mass is 250 g/mol. The Labute approximate surface area is 103 Å². The Hall–Kier alpha value is -1.93. The van der Waals surface area contributed by atoms with Gasteiger partial charge < -0.3 is 4.84 Å². The summed E-state index contributed by atoms with van der Waals surface area (Å²) in [6.07, 6.45) is 0.830. The maximum Gasteiger partial charge on any atom is 0.211 e. The van der Waals surface area contributed by atoms with Crippen LogP contribution < -0.4 is 5.48 Å². The molecule has 0 saturated heterocycles. The molecule has 88 valence electrons. The number of thiol groups is 1. The van der Waals surface area contributed by atoms with Gasteiger partial charge in [-0.15, -0.1) is 17.7 Å². The second-order valence-electron chi connectivity index (χ2n) is 3.12. The molecule has 0 saturated carbocycles. The highest BCUT2D eigenvalue weighted by Crippen LogP contribution is 2.12. The molecule has 7 nitrogen and oxygen atoms in total. The second-order valence-corrected chi connectivity index (χ2v) is 3.52. The summed E-state index contributed by atoms with van der Waals surface area (Å²) in [6.45, 7) is 0.479. The Morgan fingerprint density at radius 3 is 3.12 bits per heavy atom. The Bertz CT molecular complexity index is 514. The smallest absolute Gasteiger partial charge is 0.211 e. The van der Waals surface area contributed by atoms with Gasteiger partial charge in [-0.3, -0.25) is 5.41 Å². The molecule has 0 aliphatic heterocycles. The number of hydroxylamine groups is 1. The maximum absolute atomic E-state index is 6.70. The van der Waals surface area contributed by atoms with E-state index >= 15 is 0 Å². The quantitative estimate of drug-likeness (QED) is 0.237. The predicted octanol–water partition coefficient (Wildman–Crippen LogP) is 0.579. The highest BCUT2D eigenvalue weighted by atomic mass is 32.1. The molecule has 0 unspecified atom stereocenters. The fraction of sp³-hybridized carbons (Fsp3) is 0.111. The highest BCUT2D eigenvalue weighted by Gasteiger charge is 2.04. The zero-order chi connectivity index (χ0) is 12.1. The summed E-state index contributed by atoms with van der Waals surface area (Å²) in [5.74, 6) is 0. The molecule has 1 aromatic heterocycles. The van der Waals surface area contributed by atoms with Gasteiger partial charge in [0, 0.05) is 0 Å². The van der Waals surface area contributed by atoms with Crippen molar-refractivity contribution in [2.24, 2.45) is 0 Å². The molecular formula is C9H10N6OS. The van der Waals surface area contributed by atoms with Crippen molar-refractivity contribution in [1.82, 2.24) is 25.7 Å². The summed E-state index contributed by atoms with van der Waals surface area (Å²) < 4.78 is 1.52. The van der Waals surface area contributed by atoms with E-state index in [1.165, 1.54) is 4.68 Å². The number of aromatic nitrogens is 4. The van der Waals surface area contributed by atoms with Crippen molar-refractivity contribution in [2.45, 2.75) is 11.7 Å². The average molecular weight is 250 g/mol. The molecule has 17 heavy (non-hydrogen) atoms. The zero-order valence-electron chi connectivity index (χ0n) is 8.74. The highest BCUT2D eigenvalue weighted by molar-refractivity contribution is 7.80. The van der Waals surface area contributed by atoms with Crippen LogP contribution in [-0.2, 0) is 11.4 Å². The first-order chi connectivity index (χ1) is 8.31. The van der Waals surface area contributed by atoms with Crippen molar-refractivity contribution in [3.63, 3.8) is 0 Å². The minimum atomic E-state index is 0.422. The van der Waals surface area contributed by atoms with Crippen LogP contribution in [0, 0.1) is 5.41 Å². The van der Waals surface area contributed by atoms with E-state index in [2.05, 4.69) is 38.5 Å². The van der Waals surface area contributed by atoms with E-state index in [1.54, 1.807) is 0 Å². The standard InChI is InChI=1S/C9H10N6OS/c10-6-16-11-5-7-2-1-3-8(4-7)15-9(17)12-13-14-15/h1-4,6,10-11H,5H2,(H,12,14,17). The van der Waals surface area contributed by atoms with Gasteiger partial charge in [-0.1, -0.05) is 12.1 Å². The van der Waals surface area contributed by atoms with Crippen LogP contribution >= 0.6 is 12.6 Å². The van der Waals surface area contributed by atoms with E-state index in [0.717, 1.165) is 17.7 Å². The molecule has 1 heterocycles. The molecule has 0 aliphatic rings. The number of benzene rings is 1. The molecule has 0 atom stereocenters. The lowest BCUT2D eigenvalue weighted by molar-refractivity contribution is 0.186. The SMILES string of the molecule is N=CONCc1cccc(-n2nnnc2S)c1. The van der Waals surface area contributed by atoms with Gasteiger partial charge in [0.25, 0.3) is 0 Å². The summed E-state index contributed by atoms with van der Waals surface area (Å²) in [4.78, 5) is 4.62. The van der Waals surface area contributed by atoms with Gasteiger partial charge in [0.05, 0.1) is 12.2 Å². The van der Waals surface area contributed by atoms with Gasteiger partial charge in [0.1, 0.15) is 0 Å². The van der Waals surface area contributed by atoms with E-state index in [-0.39, 0.29) is 0 Å². The molecule has 1 aromatic carbocycles. The summed E-state index contributed by atoms with van der Waals surface area (Å²) >= 11 is 4.14. The second kappa shape index (κ2) is 5.41. The summed E-state index contributed by atoms with van der Waals surface area (Å²) in [7, 11) is 0. The Kier molecular flexibility index (Phi) is 3.68. The number of nitrogens with zero attached hydrogens (tertiary/aromatic N) is 4. The third-order valence-corrected chi connectivity index (χ3v) is 2.31. The Balaban J connectivity index is 2.17. The molecule has 2 N–H and O–H groups in total. The first-order valence-corrected chi connectivity index (χ1v) is 5.20. The van der Waals surface area contributed by atoms with Gasteiger partial charge in [0.15, 0.2) is 6.40 Å². The lowest BCUT2D eigenvalue weighted by Crippen LogP contribution is -2.12. The van der Waals surface area contributed by atoms with Crippen LogP contribution in [-0.4, -0.2) is 26.6 Å². The molecule has 2 aromatic rings. The van der Waals surface area contributed by atoms with Crippen LogP contribution in [0.2, 0.25) is 0 Å². The minimum absolute atomic E-state index is 0.422. The Morgan fingerprint density at radius 2 is 2.41 bits per heavy atom. The van der Waals surface area contributed by atoms with E-state index < -0.39 is 0 Å². The van der Waals surface area contributed by atoms with Gasteiger partial charge in [-0.25, -0.2) is 0 Å². The van der Waals surface area contributed by atoms with Crippen LogP contribution in [0.4, 0.5) is 0 Å². The third-order valence-electron chi connectivity index (χ3n) is 2.03. The zero-order valence-corrected chi connectivity index (χ0v) is 9.63. The van der Waals surface area contributed by atoms with E-state index in [9.17, 15) is 0 Å². The van der Waals surface area contributed by atoms with Crippen LogP contribution in [0.1, 0.15) is 5.56 Å². The maximum atomic E-state index is 6.70. The van der Waals surface area contributed by atoms with E-state index in [4.69, 9.17) is 5.41 Å². The van der Waals surface area contributed by atoms with Crippen molar-refractivity contribution in [2.75, 3.05) is 0 Å². The lowest BCUT2D eigenvalue weighted by atomic mass is 10.2. The number of tetrazole rings is 1. The first kappa shape index (κ1) is 11.6. The molecule has 8 heteroatoms. The number of hydrogen-bond donors (Lipinski definition) is 3. The molecule has 0 aliphatic carbocycles. The van der Waals surface area contributed by atoms with Crippen molar-refractivity contribution >= 4 is 19.0 Å². The fourth-order valence-corrected chi connectivity index (χ4v) is 1.51. The van der Waals surface area contributed by atoms with E-state index in [1.807, 2.05) is 24.3 Å². The fourth-order valence-electron chi connectivity index (χ4n) is 1.31. The van der Waals surface area contributed by atoms with Gasteiger partial charge in [0.2, 0.25) is 5.16 Å². The van der Waals surface area contributed by atoms with Crippen molar-refractivity contribution in [3.8, 4) is 5.69 Å². The van der Waals surface area contributed by atoms with Gasteiger partial charge in [-0.05, 0) is 28.1 Å². The predicted molar refractivity (Wildman–Crippen MR) is 63.1 cm³/mol. The van der Waals surface area contributed by atoms with Crippen molar-refractivity contribution < 1.29 is 4.84 Å². The van der Waals surface area contributed by atoms with Gasteiger partial charge in [-0.2, -0.15) is 10.2 Å². The third kappa shape index (κ3) is 2.80. The summed E-state index contributed by atoms with van der Waals surface area (Å²) in [6, 6.07) is 7.57. The number of hydrogen-bond acceptors (Lipinski definition) is 7. The van der Waals surface area contributed by atoms with Crippen molar-refractivity contribution in [3.05, 3.63) is 29.8 Å². The van der Waals surface area contributed by atoms with Crippen LogP contribution in [0.25, 0.3) is 5.69 Å². The van der Waals surface area contributed by atoms with Crippen LogP contribution in [0.5, 0.6) is 0 Å². The summed E-state index contributed by atoms with van der Waals surface area (Å²) in [5.41, 5.74) is 4.41. The molecule has 2 rings (SSSR count). The van der Waals surface area contributed by atoms with Gasteiger partial charge >= 0.3 is 0 Å². The molecule has 0 radical (unpaired) electrons. The van der Waals surface area contributed by atoms with Crippen molar-refractivity contribution in [1.29, 1.82) is 5.41 Å². The summed E-state index contributed by atoms with van der Waals surface area (Å²) in [5, 5.41) is 18.2. The van der Waals surface area contributed by atoms with Crippen LogP contribution in [0.3, 0.4) is 0 Å². The molecule has 0 amide bonds. The minimum Gasteiger partial charge on any atom is -0.397 e. The molecular weight excluding hydrogens is 240 g/mol. The topological polar surface area (TPSA) is 88.7 Å². The van der Waals surface area contributed by atoms with E-state index in [0.29, 0.717) is 11.7 Å². The Morgan fingerprint density at radius 1 is 1.53 bits per heavy atom. The lowest BCUT2D eigenvalue weighted by Gasteiger charge is -2.05. The molecule has 0 spiro atoms. The molecule has 0 bridgehead atoms.